The number of benzene rings is 1. The summed E-state index contributed by atoms with van der Waals surface area (Å²) < 4.78 is 0. The van der Waals surface area contributed by atoms with Gasteiger partial charge in [-0.3, -0.25) is 4.90 Å². The summed E-state index contributed by atoms with van der Waals surface area (Å²) in [4.78, 5) is 4.79. The first-order valence-corrected chi connectivity index (χ1v) is 8.34. The predicted octanol–water partition coefficient (Wildman–Crippen LogP) is 2.71. The van der Waals surface area contributed by atoms with Crippen LogP contribution >= 0.6 is 11.6 Å². The average molecular weight is 308 g/mol. The van der Waals surface area contributed by atoms with E-state index in [2.05, 4.69) is 42.1 Å². The molecular formula is C17H26ClN3. The molecule has 0 bridgehead atoms. The third kappa shape index (κ3) is 3.11. The monoisotopic (exact) mass is 307 g/mol. The van der Waals surface area contributed by atoms with Crippen molar-refractivity contribution in [1.82, 2.24) is 9.80 Å². The minimum absolute atomic E-state index is 0.469. The maximum absolute atomic E-state index is 6.59. The van der Waals surface area contributed by atoms with Gasteiger partial charge in [-0.15, -0.1) is 0 Å². The van der Waals surface area contributed by atoms with Crippen LogP contribution in [-0.2, 0) is 0 Å². The van der Waals surface area contributed by atoms with Gasteiger partial charge in [-0.25, -0.2) is 0 Å². The topological polar surface area (TPSA) is 32.5 Å². The molecule has 3 unspecified atom stereocenters. The molecule has 0 aliphatic carbocycles. The fourth-order valence-corrected chi connectivity index (χ4v) is 4.28. The van der Waals surface area contributed by atoms with Crippen LogP contribution in [0.25, 0.3) is 0 Å². The fraction of sp³-hybridized carbons (Fsp3) is 0.647. The molecule has 2 aliphatic rings. The lowest BCUT2D eigenvalue weighted by Gasteiger charge is -2.21. The van der Waals surface area contributed by atoms with Gasteiger partial charge in [0.2, 0.25) is 0 Å². The minimum atomic E-state index is 0.469. The molecule has 1 aromatic carbocycles. The Labute approximate surface area is 133 Å². The zero-order valence-corrected chi connectivity index (χ0v) is 13.8. The molecule has 2 heterocycles. The lowest BCUT2D eigenvalue weighted by atomic mass is 9.94. The van der Waals surface area contributed by atoms with E-state index in [0.29, 0.717) is 17.9 Å². The second kappa shape index (κ2) is 6.25. The molecule has 1 aromatic rings. The smallest absolute Gasteiger partial charge is 0.0444 e. The summed E-state index contributed by atoms with van der Waals surface area (Å²) in [5, 5.41) is 0.942. The number of likely N-dealkylation sites (tertiary alicyclic amines) is 2. The van der Waals surface area contributed by atoms with Crippen molar-refractivity contribution in [3.05, 3.63) is 34.3 Å². The highest BCUT2D eigenvalue weighted by Crippen LogP contribution is 2.38. The molecular weight excluding hydrogens is 282 g/mol. The van der Waals surface area contributed by atoms with Crippen LogP contribution < -0.4 is 5.73 Å². The summed E-state index contributed by atoms with van der Waals surface area (Å²) in [6.07, 6.45) is 2.36. The summed E-state index contributed by atoms with van der Waals surface area (Å²) in [5.74, 6) is 1.21. The highest BCUT2D eigenvalue weighted by molar-refractivity contribution is 6.31. The molecule has 3 rings (SSSR count). The van der Waals surface area contributed by atoms with Crippen molar-refractivity contribution in [3.8, 4) is 0 Å². The Morgan fingerprint density at radius 1 is 1.29 bits per heavy atom. The van der Waals surface area contributed by atoms with Gasteiger partial charge in [0.15, 0.2) is 0 Å². The van der Waals surface area contributed by atoms with Gasteiger partial charge in [0.1, 0.15) is 0 Å². The second-order valence-electron chi connectivity index (χ2n) is 6.82. The number of hydrogen-bond donors (Lipinski definition) is 1. The lowest BCUT2D eigenvalue weighted by molar-refractivity contribution is 0.313. The molecule has 0 amide bonds. The molecule has 0 spiro atoms. The maximum Gasteiger partial charge on any atom is 0.0444 e. The highest BCUT2D eigenvalue weighted by Gasteiger charge is 2.30. The van der Waals surface area contributed by atoms with Crippen molar-refractivity contribution in [3.63, 3.8) is 0 Å². The van der Waals surface area contributed by atoms with Crippen molar-refractivity contribution in [2.75, 3.05) is 40.3 Å². The standard InChI is InChI=1S/C17H26ClN3/c1-20-6-5-14(11-20)15-4-3-13(8-16(15)18)17-7-12(9-19)10-21(17)2/h3-4,8,12,14,17H,5-7,9-11,19H2,1-2H3. The van der Waals surface area contributed by atoms with E-state index in [9.17, 15) is 0 Å². The van der Waals surface area contributed by atoms with E-state index in [1.807, 2.05) is 0 Å². The van der Waals surface area contributed by atoms with Gasteiger partial charge in [0.25, 0.3) is 0 Å². The van der Waals surface area contributed by atoms with Crippen molar-refractivity contribution < 1.29 is 0 Å². The van der Waals surface area contributed by atoms with Crippen molar-refractivity contribution in [1.29, 1.82) is 0 Å². The largest absolute Gasteiger partial charge is 0.330 e. The first kappa shape index (κ1) is 15.3. The summed E-state index contributed by atoms with van der Waals surface area (Å²) in [5.41, 5.74) is 8.49. The summed E-state index contributed by atoms with van der Waals surface area (Å²) in [7, 11) is 4.37. The Morgan fingerprint density at radius 2 is 2.10 bits per heavy atom. The van der Waals surface area contributed by atoms with Crippen LogP contribution in [-0.4, -0.2) is 50.1 Å². The van der Waals surface area contributed by atoms with Crippen molar-refractivity contribution in [2.45, 2.75) is 24.8 Å². The van der Waals surface area contributed by atoms with Gasteiger partial charge in [-0.05, 0) is 69.1 Å². The molecule has 4 heteroatoms. The van der Waals surface area contributed by atoms with Crippen LogP contribution in [0.3, 0.4) is 0 Å². The van der Waals surface area contributed by atoms with Crippen molar-refractivity contribution in [2.24, 2.45) is 11.7 Å². The molecule has 3 nitrogen and oxygen atoms in total. The van der Waals surface area contributed by atoms with Crippen LogP contribution in [0.5, 0.6) is 0 Å². The first-order chi connectivity index (χ1) is 10.1. The van der Waals surface area contributed by atoms with E-state index in [-0.39, 0.29) is 0 Å². The van der Waals surface area contributed by atoms with Crippen LogP contribution in [0.1, 0.15) is 35.9 Å². The molecule has 2 saturated heterocycles. The third-order valence-electron chi connectivity index (χ3n) is 5.21. The van der Waals surface area contributed by atoms with Gasteiger partial charge in [0, 0.05) is 24.2 Å². The zero-order valence-electron chi connectivity index (χ0n) is 13.1. The van der Waals surface area contributed by atoms with E-state index >= 15 is 0 Å². The van der Waals surface area contributed by atoms with E-state index in [1.165, 1.54) is 24.1 Å². The van der Waals surface area contributed by atoms with E-state index < -0.39 is 0 Å². The molecule has 2 aliphatic heterocycles. The molecule has 116 valence electrons. The van der Waals surface area contributed by atoms with E-state index in [0.717, 1.165) is 31.1 Å². The molecule has 2 N–H and O–H groups in total. The average Bonchev–Trinajstić information content (AvgIpc) is 3.04. The first-order valence-electron chi connectivity index (χ1n) is 7.96. The van der Waals surface area contributed by atoms with Gasteiger partial charge >= 0.3 is 0 Å². The Balaban J connectivity index is 1.78. The summed E-state index contributed by atoms with van der Waals surface area (Å²) >= 11 is 6.59. The summed E-state index contributed by atoms with van der Waals surface area (Å²) in [6.45, 7) is 4.17. The molecule has 2 fully saturated rings. The quantitative estimate of drug-likeness (QED) is 0.932. The Hall–Kier alpha value is -0.610. The second-order valence-corrected chi connectivity index (χ2v) is 7.23. The van der Waals surface area contributed by atoms with Crippen molar-refractivity contribution >= 4 is 11.6 Å². The van der Waals surface area contributed by atoms with Gasteiger partial charge in [0.05, 0.1) is 0 Å². The minimum Gasteiger partial charge on any atom is -0.330 e. The number of hydrogen-bond acceptors (Lipinski definition) is 3. The lowest BCUT2D eigenvalue weighted by Crippen LogP contribution is -2.20. The number of nitrogens with zero attached hydrogens (tertiary/aromatic N) is 2. The highest BCUT2D eigenvalue weighted by atomic mass is 35.5. The summed E-state index contributed by atoms with van der Waals surface area (Å²) in [6, 6.07) is 7.19. The fourth-order valence-electron chi connectivity index (χ4n) is 3.94. The maximum atomic E-state index is 6.59. The number of nitrogens with two attached hydrogens (primary N) is 1. The number of likely N-dealkylation sites (N-methyl/N-ethyl adjacent to an activating group) is 1. The molecule has 0 saturated carbocycles. The third-order valence-corrected chi connectivity index (χ3v) is 5.54. The van der Waals surface area contributed by atoms with Gasteiger partial charge in [-0.2, -0.15) is 0 Å². The SMILES string of the molecule is CN1CCC(c2ccc(C3CC(CN)CN3C)cc2Cl)C1. The normalized spacial score (nSPS) is 31.1. The molecule has 0 aromatic heterocycles. The van der Waals surface area contributed by atoms with E-state index in [1.54, 1.807) is 0 Å². The number of halogens is 1. The van der Waals surface area contributed by atoms with Crippen LogP contribution in [0.4, 0.5) is 0 Å². The molecule has 3 atom stereocenters. The zero-order chi connectivity index (χ0) is 15.0. The van der Waals surface area contributed by atoms with Crippen LogP contribution in [0.15, 0.2) is 18.2 Å². The van der Waals surface area contributed by atoms with Crippen LogP contribution in [0, 0.1) is 5.92 Å². The Kier molecular flexibility index (Phi) is 4.55. The Bertz CT molecular complexity index is 505. The molecule has 21 heavy (non-hydrogen) atoms. The Morgan fingerprint density at radius 3 is 2.67 bits per heavy atom. The number of rotatable bonds is 3. The van der Waals surface area contributed by atoms with Gasteiger partial charge in [-0.1, -0.05) is 23.7 Å². The van der Waals surface area contributed by atoms with Gasteiger partial charge < -0.3 is 10.6 Å². The molecule has 0 radical (unpaired) electrons. The predicted molar refractivity (Wildman–Crippen MR) is 88.8 cm³/mol. The van der Waals surface area contributed by atoms with Crippen LogP contribution in [0.2, 0.25) is 5.02 Å². The van der Waals surface area contributed by atoms with E-state index in [4.69, 9.17) is 17.3 Å².